The summed E-state index contributed by atoms with van der Waals surface area (Å²) in [4.78, 5) is 25.4. The number of halogens is 4. The lowest BCUT2D eigenvalue weighted by Gasteiger charge is -2.23. The molecule has 0 aromatic heterocycles. The molecule has 5 nitrogen and oxygen atoms in total. The second-order valence-corrected chi connectivity index (χ2v) is 5.41. The molecule has 0 saturated carbocycles. The predicted octanol–water partition coefficient (Wildman–Crippen LogP) is 1.68. The van der Waals surface area contributed by atoms with E-state index in [1.165, 1.54) is 0 Å². The van der Waals surface area contributed by atoms with Gasteiger partial charge in [0.1, 0.15) is 0 Å². The number of alkyl halides is 3. The quantitative estimate of drug-likeness (QED) is 0.853. The molecule has 1 atom stereocenters. The van der Waals surface area contributed by atoms with E-state index < -0.39 is 17.6 Å². The minimum absolute atomic E-state index is 0. The van der Waals surface area contributed by atoms with E-state index in [4.69, 9.17) is 0 Å². The zero-order chi connectivity index (χ0) is 17.0. The molecular formula is C15H19ClF3N3O2. The third kappa shape index (κ3) is 5.10. The van der Waals surface area contributed by atoms with Crippen molar-refractivity contribution in [2.45, 2.75) is 18.6 Å². The summed E-state index contributed by atoms with van der Waals surface area (Å²) in [5.41, 5.74) is -0.741. The number of hydrogen-bond acceptors (Lipinski definition) is 3. The Kier molecular flexibility index (Phi) is 7.04. The molecule has 0 bridgehead atoms. The number of nitrogens with zero attached hydrogens (tertiary/aromatic N) is 1. The second kappa shape index (κ2) is 8.34. The number of amides is 2. The molecule has 1 unspecified atom stereocenters. The maximum atomic E-state index is 12.5. The van der Waals surface area contributed by atoms with E-state index >= 15 is 0 Å². The van der Waals surface area contributed by atoms with Crippen LogP contribution in [0.1, 0.15) is 22.3 Å². The SMILES string of the molecule is CN(C(=O)CNC(=O)c1ccc(C(F)(F)F)cc1)C1CCNC1.Cl. The standard InChI is InChI=1S/C15H18F3N3O2.ClH/c1-21(12-6-7-19-8-12)13(22)9-20-14(23)10-2-4-11(5-3-10)15(16,17)18;/h2-5,12,19H,6-9H2,1H3,(H,20,23);1H. The van der Waals surface area contributed by atoms with Crippen molar-refractivity contribution in [2.75, 3.05) is 26.7 Å². The van der Waals surface area contributed by atoms with Crippen molar-refractivity contribution in [3.8, 4) is 0 Å². The van der Waals surface area contributed by atoms with Gasteiger partial charge in [-0.05, 0) is 37.2 Å². The van der Waals surface area contributed by atoms with Crippen LogP contribution in [-0.2, 0) is 11.0 Å². The van der Waals surface area contributed by atoms with Gasteiger partial charge in [0.25, 0.3) is 5.91 Å². The average Bonchev–Trinajstić information content (AvgIpc) is 3.05. The maximum Gasteiger partial charge on any atom is 0.416 e. The van der Waals surface area contributed by atoms with Gasteiger partial charge in [-0.15, -0.1) is 12.4 Å². The van der Waals surface area contributed by atoms with E-state index in [1.54, 1.807) is 11.9 Å². The lowest BCUT2D eigenvalue weighted by molar-refractivity contribution is -0.137. The van der Waals surface area contributed by atoms with Crippen LogP contribution in [0.15, 0.2) is 24.3 Å². The molecule has 1 saturated heterocycles. The molecule has 2 amide bonds. The Bertz CT molecular complexity index is 572. The first-order chi connectivity index (χ1) is 10.8. The summed E-state index contributed by atoms with van der Waals surface area (Å²) in [6.45, 7) is 1.38. The molecule has 1 aromatic carbocycles. The highest BCUT2D eigenvalue weighted by atomic mass is 35.5. The van der Waals surface area contributed by atoms with Gasteiger partial charge in [0, 0.05) is 25.2 Å². The molecule has 0 radical (unpaired) electrons. The van der Waals surface area contributed by atoms with Gasteiger partial charge < -0.3 is 15.5 Å². The molecule has 1 aliphatic rings. The van der Waals surface area contributed by atoms with Gasteiger partial charge in [0.15, 0.2) is 0 Å². The van der Waals surface area contributed by atoms with Crippen molar-refractivity contribution in [1.29, 1.82) is 0 Å². The van der Waals surface area contributed by atoms with E-state index in [2.05, 4.69) is 10.6 Å². The van der Waals surface area contributed by atoms with E-state index in [0.29, 0.717) is 0 Å². The third-order valence-electron chi connectivity index (χ3n) is 3.85. The molecule has 1 aliphatic heterocycles. The van der Waals surface area contributed by atoms with Crippen LogP contribution in [0.3, 0.4) is 0 Å². The number of hydrogen-bond donors (Lipinski definition) is 2. The van der Waals surface area contributed by atoms with Gasteiger partial charge in [0.2, 0.25) is 5.91 Å². The smallest absolute Gasteiger partial charge is 0.343 e. The van der Waals surface area contributed by atoms with Crippen LogP contribution in [-0.4, -0.2) is 49.4 Å². The van der Waals surface area contributed by atoms with E-state index in [-0.39, 0.29) is 36.5 Å². The Hall–Kier alpha value is -1.80. The fraction of sp³-hybridized carbons (Fsp3) is 0.467. The fourth-order valence-electron chi connectivity index (χ4n) is 2.37. The molecule has 2 N–H and O–H groups in total. The summed E-state index contributed by atoms with van der Waals surface area (Å²) in [7, 11) is 1.67. The van der Waals surface area contributed by atoms with Crippen LogP contribution in [0.25, 0.3) is 0 Å². The van der Waals surface area contributed by atoms with Crippen molar-refractivity contribution >= 4 is 24.2 Å². The summed E-state index contributed by atoms with van der Waals surface area (Å²) in [5, 5.41) is 5.57. The van der Waals surface area contributed by atoms with Crippen LogP contribution >= 0.6 is 12.4 Å². The molecule has 134 valence electrons. The zero-order valence-electron chi connectivity index (χ0n) is 13.0. The topological polar surface area (TPSA) is 61.4 Å². The monoisotopic (exact) mass is 365 g/mol. The van der Waals surface area contributed by atoms with Crippen LogP contribution in [0.5, 0.6) is 0 Å². The summed E-state index contributed by atoms with van der Waals surface area (Å²) < 4.78 is 37.4. The van der Waals surface area contributed by atoms with Gasteiger partial charge in [-0.3, -0.25) is 9.59 Å². The van der Waals surface area contributed by atoms with Gasteiger partial charge in [-0.25, -0.2) is 0 Å². The molecule has 1 aromatic rings. The Labute approximate surface area is 144 Å². The molecule has 0 spiro atoms. The maximum absolute atomic E-state index is 12.5. The first-order valence-electron chi connectivity index (χ1n) is 7.21. The molecule has 2 rings (SSSR count). The van der Waals surface area contributed by atoms with Crippen molar-refractivity contribution in [3.05, 3.63) is 35.4 Å². The average molecular weight is 366 g/mol. The van der Waals surface area contributed by atoms with Gasteiger partial charge in [-0.2, -0.15) is 13.2 Å². The Morgan fingerprint density at radius 3 is 2.42 bits per heavy atom. The minimum atomic E-state index is -4.44. The number of rotatable bonds is 4. The first kappa shape index (κ1) is 20.2. The molecular weight excluding hydrogens is 347 g/mol. The van der Waals surface area contributed by atoms with Crippen LogP contribution in [0.2, 0.25) is 0 Å². The number of benzene rings is 1. The van der Waals surface area contributed by atoms with Crippen LogP contribution < -0.4 is 10.6 Å². The zero-order valence-corrected chi connectivity index (χ0v) is 13.8. The van der Waals surface area contributed by atoms with E-state index in [0.717, 1.165) is 43.8 Å². The largest absolute Gasteiger partial charge is 0.416 e. The summed E-state index contributed by atoms with van der Waals surface area (Å²) in [6.07, 6.45) is -3.59. The summed E-state index contributed by atoms with van der Waals surface area (Å²) in [5.74, 6) is -0.816. The molecule has 24 heavy (non-hydrogen) atoms. The first-order valence-corrected chi connectivity index (χ1v) is 7.21. The highest BCUT2D eigenvalue weighted by Gasteiger charge is 2.30. The molecule has 0 aliphatic carbocycles. The highest BCUT2D eigenvalue weighted by molar-refractivity contribution is 5.96. The summed E-state index contributed by atoms with van der Waals surface area (Å²) >= 11 is 0. The number of carbonyl (C=O) groups is 2. The van der Waals surface area contributed by atoms with Crippen molar-refractivity contribution in [3.63, 3.8) is 0 Å². The highest BCUT2D eigenvalue weighted by Crippen LogP contribution is 2.29. The predicted molar refractivity (Wildman–Crippen MR) is 85.1 cm³/mol. The lowest BCUT2D eigenvalue weighted by atomic mass is 10.1. The number of carbonyl (C=O) groups excluding carboxylic acids is 2. The Balaban J connectivity index is 0.00000288. The van der Waals surface area contributed by atoms with Crippen molar-refractivity contribution in [2.24, 2.45) is 0 Å². The fourth-order valence-corrected chi connectivity index (χ4v) is 2.37. The van der Waals surface area contributed by atoms with Gasteiger partial charge >= 0.3 is 6.18 Å². The lowest BCUT2D eigenvalue weighted by Crippen LogP contribution is -2.44. The minimum Gasteiger partial charge on any atom is -0.343 e. The summed E-state index contributed by atoms with van der Waals surface area (Å²) in [6, 6.07) is 3.96. The normalized spacial score (nSPS) is 17.1. The van der Waals surface area contributed by atoms with Crippen molar-refractivity contribution < 1.29 is 22.8 Å². The van der Waals surface area contributed by atoms with Gasteiger partial charge in [-0.1, -0.05) is 0 Å². The van der Waals surface area contributed by atoms with Crippen LogP contribution in [0, 0.1) is 0 Å². The van der Waals surface area contributed by atoms with E-state index in [9.17, 15) is 22.8 Å². The van der Waals surface area contributed by atoms with Gasteiger partial charge in [0.05, 0.1) is 12.1 Å². The number of nitrogens with one attached hydrogen (secondary N) is 2. The van der Waals surface area contributed by atoms with E-state index in [1.807, 2.05) is 0 Å². The Morgan fingerprint density at radius 1 is 1.29 bits per heavy atom. The Morgan fingerprint density at radius 2 is 1.92 bits per heavy atom. The van der Waals surface area contributed by atoms with Crippen molar-refractivity contribution in [1.82, 2.24) is 15.5 Å². The second-order valence-electron chi connectivity index (χ2n) is 5.41. The molecule has 1 heterocycles. The third-order valence-corrected chi connectivity index (χ3v) is 3.85. The number of likely N-dealkylation sites (N-methyl/N-ethyl adjacent to an activating group) is 1. The molecule has 9 heteroatoms. The van der Waals surface area contributed by atoms with Crippen LogP contribution in [0.4, 0.5) is 13.2 Å². The molecule has 1 fully saturated rings.